The molecule has 0 aromatic carbocycles. The summed E-state index contributed by atoms with van der Waals surface area (Å²) in [6, 6.07) is 5.95. The Morgan fingerprint density at radius 1 is 1.25 bits per heavy atom. The van der Waals surface area contributed by atoms with Gasteiger partial charge in [0.25, 0.3) is 0 Å². The van der Waals surface area contributed by atoms with Gasteiger partial charge in [-0.25, -0.2) is 4.98 Å². The van der Waals surface area contributed by atoms with Gasteiger partial charge in [-0.1, -0.05) is 6.07 Å². The fourth-order valence-electron chi connectivity index (χ4n) is 1.80. The third-order valence-corrected chi connectivity index (χ3v) is 2.84. The lowest BCUT2D eigenvalue weighted by Gasteiger charge is -2.11. The highest BCUT2D eigenvalue weighted by Gasteiger charge is 1.98. The van der Waals surface area contributed by atoms with Gasteiger partial charge in [-0.3, -0.25) is 9.98 Å². The maximum Gasteiger partial charge on any atom is 0.191 e. The van der Waals surface area contributed by atoms with Crippen molar-refractivity contribution in [3.8, 4) is 0 Å². The number of guanidine groups is 1. The molecule has 0 aliphatic rings. The minimum Gasteiger partial charge on any atom is -0.356 e. The molecule has 2 heterocycles. The van der Waals surface area contributed by atoms with Crippen LogP contribution in [0.5, 0.6) is 0 Å². The molecule has 0 atom stereocenters. The van der Waals surface area contributed by atoms with Crippen LogP contribution in [0.4, 0.5) is 0 Å². The normalized spacial score (nSPS) is 11.3. The average molecular weight is 272 g/mol. The predicted molar refractivity (Wildman–Crippen MR) is 79.5 cm³/mol. The number of rotatable bonds is 6. The lowest BCUT2D eigenvalue weighted by Crippen LogP contribution is -2.39. The molecule has 0 aliphatic heterocycles. The van der Waals surface area contributed by atoms with Crippen LogP contribution in [0.3, 0.4) is 0 Å². The number of hydrogen-bond acceptors (Lipinski definition) is 3. The first-order valence-corrected chi connectivity index (χ1v) is 6.68. The average Bonchev–Trinajstić information content (AvgIpc) is 3.00. The summed E-state index contributed by atoms with van der Waals surface area (Å²) in [5.41, 5.74) is 1.08. The minimum atomic E-state index is 0.805. The van der Waals surface area contributed by atoms with Crippen molar-refractivity contribution in [3.05, 3.63) is 48.8 Å². The molecule has 0 saturated carbocycles. The highest BCUT2D eigenvalue weighted by molar-refractivity contribution is 5.79. The summed E-state index contributed by atoms with van der Waals surface area (Å²) in [4.78, 5) is 12.5. The molecule has 2 N–H and O–H groups in total. The lowest BCUT2D eigenvalue weighted by atomic mass is 10.3. The summed E-state index contributed by atoms with van der Waals surface area (Å²) in [5.74, 6) is 0.807. The Kier molecular flexibility index (Phi) is 5.57. The minimum absolute atomic E-state index is 0.805. The SMILES string of the molecule is CN=C(NCCc1ccccn1)NCCn1ccnc1. The Morgan fingerprint density at radius 2 is 2.15 bits per heavy atom. The molecule has 0 aliphatic carbocycles. The fourth-order valence-corrected chi connectivity index (χ4v) is 1.80. The molecule has 0 spiro atoms. The third-order valence-electron chi connectivity index (χ3n) is 2.84. The number of aliphatic imine (C=N–C) groups is 1. The first-order valence-electron chi connectivity index (χ1n) is 6.68. The number of nitrogens with zero attached hydrogens (tertiary/aromatic N) is 4. The number of aromatic nitrogens is 3. The molecule has 20 heavy (non-hydrogen) atoms. The van der Waals surface area contributed by atoms with Gasteiger partial charge in [-0.15, -0.1) is 0 Å². The van der Waals surface area contributed by atoms with Crippen LogP contribution in [0.1, 0.15) is 5.69 Å². The van der Waals surface area contributed by atoms with Crippen LogP contribution in [0.2, 0.25) is 0 Å². The predicted octanol–water partition coefficient (Wildman–Crippen LogP) is 0.686. The van der Waals surface area contributed by atoms with E-state index in [0.29, 0.717) is 0 Å². The molecule has 0 amide bonds. The summed E-state index contributed by atoms with van der Waals surface area (Å²) in [7, 11) is 1.77. The quantitative estimate of drug-likeness (QED) is 0.599. The van der Waals surface area contributed by atoms with Crippen molar-refractivity contribution in [1.82, 2.24) is 25.2 Å². The summed E-state index contributed by atoms with van der Waals surface area (Å²) in [6.45, 7) is 2.47. The molecule has 6 nitrogen and oxygen atoms in total. The van der Waals surface area contributed by atoms with Gasteiger partial charge < -0.3 is 15.2 Å². The first kappa shape index (κ1) is 14.0. The zero-order valence-corrected chi connectivity index (χ0v) is 11.7. The first-order chi connectivity index (χ1) is 9.88. The van der Waals surface area contributed by atoms with Crippen molar-refractivity contribution in [1.29, 1.82) is 0 Å². The van der Waals surface area contributed by atoms with Gasteiger partial charge in [-0.05, 0) is 12.1 Å². The highest BCUT2D eigenvalue weighted by atomic mass is 15.2. The zero-order chi connectivity index (χ0) is 14.0. The maximum absolute atomic E-state index is 4.29. The molecule has 0 radical (unpaired) electrons. The maximum atomic E-state index is 4.29. The van der Waals surface area contributed by atoms with Gasteiger partial charge in [0, 0.05) is 57.4 Å². The van der Waals surface area contributed by atoms with E-state index < -0.39 is 0 Å². The van der Waals surface area contributed by atoms with Crippen molar-refractivity contribution in [2.75, 3.05) is 20.1 Å². The number of imidazole rings is 1. The molecule has 106 valence electrons. The molecule has 2 rings (SSSR count). The van der Waals surface area contributed by atoms with Gasteiger partial charge in [0.2, 0.25) is 0 Å². The van der Waals surface area contributed by atoms with Gasteiger partial charge in [0.15, 0.2) is 5.96 Å². The van der Waals surface area contributed by atoms with Crippen LogP contribution in [0, 0.1) is 0 Å². The monoisotopic (exact) mass is 272 g/mol. The molecule has 0 fully saturated rings. The smallest absolute Gasteiger partial charge is 0.191 e. The number of pyridine rings is 1. The van der Waals surface area contributed by atoms with Crippen LogP contribution in [0.25, 0.3) is 0 Å². The topological polar surface area (TPSA) is 67.1 Å². The van der Waals surface area contributed by atoms with Gasteiger partial charge in [0.05, 0.1) is 6.33 Å². The van der Waals surface area contributed by atoms with E-state index in [2.05, 4.69) is 25.6 Å². The fraction of sp³-hybridized carbons (Fsp3) is 0.357. The van der Waals surface area contributed by atoms with Crippen LogP contribution >= 0.6 is 0 Å². The van der Waals surface area contributed by atoms with E-state index in [1.807, 2.05) is 35.2 Å². The molecular weight excluding hydrogens is 252 g/mol. The standard InChI is InChI=1S/C14H20N6/c1-15-14(19-9-11-20-10-8-16-12-20)18-7-5-13-4-2-3-6-17-13/h2-4,6,8,10,12H,5,7,9,11H2,1H3,(H2,15,18,19). The van der Waals surface area contributed by atoms with Crippen LogP contribution < -0.4 is 10.6 Å². The Labute approximate surface area is 119 Å². The molecule has 0 saturated heterocycles. The molecule has 6 heteroatoms. The summed E-state index contributed by atoms with van der Waals surface area (Å²) < 4.78 is 2.02. The third kappa shape index (κ3) is 4.72. The Morgan fingerprint density at radius 3 is 2.85 bits per heavy atom. The molecule has 0 bridgehead atoms. The van der Waals surface area contributed by atoms with Crippen LogP contribution in [0.15, 0.2) is 48.1 Å². The van der Waals surface area contributed by atoms with E-state index in [1.165, 1.54) is 0 Å². The van der Waals surface area contributed by atoms with Crippen molar-refractivity contribution >= 4 is 5.96 Å². The molecular formula is C14H20N6. The van der Waals surface area contributed by atoms with E-state index in [1.54, 1.807) is 19.6 Å². The Bertz CT molecular complexity index is 506. The van der Waals surface area contributed by atoms with Gasteiger partial charge in [-0.2, -0.15) is 0 Å². The second-order valence-electron chi connectivity index (χ2n) is 4.30. The summed E-state index contributed by atoms with van der Waals surface area (Å²) in [5, 5.41) is 6.54. The van der Waals surface area contributed by atoms with E-state index >= 15 is 0 Å². The second kappa shape index (κ2) is 7.93. The lowest BCUT2D eigenvalue weighted by molar-refractivity contribution is 0.661. The van der Waals surface area contributed by atoms with Crippen molar-refractivity contribution in [2.24, 2.45) is 4.99 Å². The zero-order valence-electron chi connectivity index (χ0n) is 11.7. The van der Waals surface area contributed by atoms with E-state index in [-0.39, 0.29) is 0 Å². The molecule has 2 aromatic heterocycles. The van der Waals surface area contributed by atoms with Gasteiger partial charge >= 0.3 is 0 Å². The van der Waals surface area contributed by atoms with E-state index in [4.69, 9.17) is 0 Å². The van der Waals surface area contributed by atoms with Crippen LogP contribution in [-0.2, 0) is 13.0 Å². The van der Waals surface area contributed by atoms with Crippen molar-refractivity contribution in [2.45, 2.75) is 13.0 Å². The van der Waals surface area contributed by atoms with Crippen molar-refractivity contribution in [3.63, 3.8) is 0 Å². The summed E-state index contributed by atoms with van der Waals surface area (Å²) >= 11 is 0. The number of hydrogen-bond donors (Lipinski definition) is 2. The Hall–Kier alpha value is -2.37. The molecule has 0 unspecified atom stereocenters. The summed E-state index contributed by atoms with van der Waals surface area (Å²) in [6.07, 6.45) is 8.22. The molecule has 2 aromatic rings. The van der Waals surface area contributed by atoms with Crippen molar-refractivity contribution < 1.29 is 0 Å². The van der Waals surface area contributed by atoms with E-state index in [0.717, 1.165) is 37.7 Å². The largest absolute Gasteiger partial charge is 0.356 e. The second-order valence-corrected chi connectivity index (χ2v) is 4.30. The van der Waals surface area contributed by atoms with E-state index in [9.17, 15) is 0 Å². The number of nitrogens with one attached hydrogen (secondary N) is 2. The Balaban J connectivity index is 1.65. The van der Waals surface area contributed by atoms with Crippen LogP contribution in [-0.4, -0.2) is 40.6 Å². The highest BCUT2D eigenvalue weighted by Crippen LogP contribution is 1.92. The van der Waals surface area contributed by atoms with Gasteiger partial charge in [0.1, 0.15) is 0 Å².